The molecule has 0 unspecified atom stereocenters. The Balaban J connectivity index is 3.05. The van der Waals surface area contributed by atoms with Crippen molar-refractivity contribution in [2.45, 2.75) is 6.42 Å². The zero-order valence-electron chi connectivity index (χ0n) is 7.25. The van der Waals surface area contributed by atoms with Gasteiger partial charge in [-0.3, -0.25) is 0 Å². The molecule has 0 aliphatic carbocycles. The Labute approximate surface area is 81.5 Å². The summed E-state index contributed by atoms with van der Waals surface area (Å²) in [5.74, 6) is 0.377. The van der Waals surface area contributed by atoms with Crippen LogP contribution in [0, 0.1) is 0 Å². The quantitative estimate of drug-likeness (QED) is 0.783. The number of phenolic OH excluding ortho intramolecular Hbond substituents is 1. The molecule has 72 valence electrons. The van der Waals surface area contributed by atoms with Gasteiger partial charge in [-0.05, 0) is 18.1 Å². The lowest BCUT2D eigenvalue weighted by molar-refractivity contribution is 0.299. The Hall–Kier alpha value is -0.930. The van der Waals surface area contributed by atoms with Crippen LogP contribution < -0.4 is 4.74 Å². The van der Waals surface area contributed by atoms with Crippen LogP contribution in [-0.2, 0) is 6.42 Å². The molecule has 0 saturated heterocycles. The first-order valence-electron chi connectivity index (χ1n) is 3.85. The van der Waals surface area contributed by atoms with Crippen molar-refractivity contribution >= 4 is 11.6 Å². The second-order valence-electron chi connectivity index (χ2n) is 2.59. The molecule has 2 N–H and O–H groups in total. The molecule has 1 rings (SSSR count). The highest BCUT2D eigenvalue weighted by Gasteiger charge is 2.07. The Morgan fingerprint density at radius 3 is 2.69 bits per heavy atom. The summed E-state index contributed by atoms with van der Waals surface area (Å²) in [7, 11) is 1.46. The van der Waals surface area contributed by atoms with Crippen LogP contribution in [0.3, 0.4) is 0 Å². The van der Waals surface area contributed by atoms with Crippen LogP contribution >= 0.6 is 11.6 Å². The molecule has 0 heterocycles. The molecule has 0 aliphatic heterocycles. The average molecular weight is 203 g/mol. The van der Waals surface area contributed by atoms with Crippen LogP contribution in [0.2, 0.25) is 5.02 Å². The first-order chi connectivity index (χ1) is 6.19. The van der Waals surface area contributed by atoms with Gasteiger partial charge >= 0.3 is 0 Å². The zero-order valence-corrected chi connectivity index (χ0v) is 8.01. The molecule has 0 bridgehead atoms. The first kappa shape index (κ1) is 10.2. The molecular weight excluding hydrogens is 192 g/mol. The van der Waals surface area contributed by atoms with Gasteiger partial charge < -0.3 is 14.9 Å². The van der Waals surface area contributed by atoms with Crippen LogP contribution in [0.15, 0.2) is 12.1 Å². The normalized spacial score (nSPS) is 10.1. The predicted octanol–water partition coefficient (Wildman–Crippen LogP) is 1.59. The van der Waals surface area contributed by atoms with E-state index >= 15 is 0 Å². The smallest absolute Gasteiger partial charge is 0.161 e. The van der Waals surface area contributed by atoms with Gasteiger partial charge in [0.25, 0.3) is 0 Å². The van der Waals surface area contributed by atoms with Crippen molar-refractivity contribution in [3.63, 3.8) is 0 Å². The van der Waals surface area contributed by atoms with Crippen molar-refractivity contribution < 1.29 is 14.9 Å². The molecule has 0 radical (unpaired) electrons. The number of benzene rings is 1. The third kappa shape index (κ3) is 2.26. The minimum atomic E-state index is 0.00545. The van der Waals surface area contributed by atoms with E-state index in [9.17, 15) is 5.11 Å². The minimum absolute atomic E-state index is 0.00545. The fourth-order valence-electron chi connectivity index (χ4n) is 1.06. The molecule has 1 aromatic rings. The van der Waals surface area contributed by atoms with Crippen molar-refractivity contribution in [3.05, 3.63) is 22.7 Å². The Bertz CT molecular complexity index is 299. The number of rotatable bonds is 3. The van der Waals surface area contributed by atoms with Gasteiger partial charge in [-0.15, -0.1) is 0 Å². The summed E-state index contributed by atoms with van der Waals surface area (Å²) >= 11 is 5.86. The lowest BCUT2D eigenvalue weighted by Crippen LogP contribution is -1.93. The SMILES string of the molecule is COc1cc(Cl)c(CCO)cc1O. The van der Waals surface area contributed by atoms with E-state index in [4.69, 9.17) is 21.4 Å². The maximum Gasteiger partial charge on any atom is 0.161 e. The molecule has 0 spiro atoms. The number of aliphatic hydroxyl groups is 1. The molecular formula is C9H11ClO3. The number of phenols is 1. The third-order valence-corrected chi connectivity index (χ3v) is 2.08. The number of halogens is 1. The predicted molar refractivity (Wildman–Crippen MR) is 50.5 cm³/mol. The summed E-state index contributed by atoms with van der Waals surface area (Å²) < 4.78 is 4.86. The molecule has 0 atom stereocenters. The third-order valence-electron chi connectivity index (χ3n) is 1.73. The summed E-state index contributed by atoms with van der Waals surface area (Å²) in [6, 6.07) is 3.03. The average Bonchev–Trinajstić information content (AvgIpc) is 2.11. The van der Waals surface area contributed by atoms with Crippen LogP contribution in [0.1, 0.15) is 5.56 Å². The number of aliphatic hydroxyl groups excluding tert-OH is 1. The van der Waals surface area contributed by atoms with Crippen molar-refractivity contribution in [1.82, 2.24) is 0 Å². The molecule has 13 heavy (non-hydrogen) atoms. The van der Waals surface area contributed by atoms with Crippen molar-refractivity contribution in [1.29, 1.82) is 0 Å². The van der Waals surface area contributed by atoms with Crippen LogP contribution in [0.4, 0.5) is 0 Å². The maximum atomic E-state index is 9.38. The van der Waals surface area contributed by atoms with E-state index in [-0.39, 0.29) is 12.4 Å². The van der Waals surface area contributed by atoms with Crippen molar-refractivity contribution in [2.24, 2.45) is 0 Å². The lowest BCUT2D eigenvalue weighted by atomic mass is 10.1. The summed E-state index contributed by atoms with van der Waals surface area (Å²) in [5.41, 5.74) is 0.711. The number of hydrogen-bond acceptors (Lipinski definition) is 3. The Morgan fingerprint density at radius 2 is 2.15 bits per heavy atom. The Morgan fingerprint density at radius 1 is 1.46 bits per heavy atom. The van der Waals surface area contributed by atoms with E-state index < -0.39 is 0 Å². The number of aromatic hydroxyl groups is 1. The maximum absolute atomic E-state index is 9.38. The summed E-state index contributed by atoms with van der Waals surface area (Å²) in [4.78, 5) is 0. The fraction of sp³-hybridized carbons (Fsp3) is 0.333. The number of ether oxygens (including phenoxy) is 1. The van der Waals surface area contributed by atoms with Crippen LogP contribution in [-0.4, -0.2) is 23.9 Å². The monoisotopic (exact) mass is 202 g/mol. The summed E-state index contributed by atoms with van der Waals surface area (Å²) in [6.07, 6.45) is 0.427. The standard InChI is InChI=1S/C9H11ClO3/c1-13-9-5-7(10)6(2-3-11)4-8(9)12/h4-5,11-12H,2-3H2,1H3. The molecule has 0 aliphatic rings. The van der Waals surface area contributed by atoms with Gasteiger partial charge in [0, 0.05) is 17.7 Å². The van der Waals surface area contributed by atoms with E-state index in [1.165, 1.54) is 19.2 Å². The van der Waals surface area contributed by atoms with Crippen LogP contribution in [0.5, 0.6) is 11.5 Å². The fourth-order valence-corrected chi connectivity index (χ4v) is 1.31. The zero-order chi connectivity index (χ0) is 9.84. The van der Waals surface area contributed by atoms with E-state index in [1.807, 2.05) is 0 Å². The number of methoxy groups -OCH3 is 1. The Kier molecular flexibility index (Phi) is 3.39. The van der Waals surface area contributed by atoms with Gasteiger partial charge in [0.05, 0.1) is 7.11 Å². The van der Waals surface area contributed by atoms with Gasteiger partial charge in [0.15, 0.2) is 11.5 Å². The van der Waals surface area contributed by atoms with Gasteiger partial charge in [-0.25, -0.2) is 0 Å². The molecule has 4 heteroatoms. The molecule has 3 nitrogen and oxygen atoms in total. The second-order valence-corrected chi connectivity index (χ2v) is 3.00. The second kappa shape index (κ2) is 4.35. The molecule has 0 amide bonds. The first-order valence-corrected chi connectivity index (χ1v) is 4.23. The summed E-state index contributed by atoms with van der Waals surface area (Å²) in [5, 5.41) is 18.6. The highest BCUT2D eigenvalue weighted by Crippen LogP contribution is 2.32. The van der Waals surface area contributed by atoms with Gasteiger partial charge in [0.1, 0.15) is 0 Å². The summed E-state index contributed by atoms with van der Waals surface area (Å²) in [6.45, 7) is 0.00545. The van der Waals surface area contributed by atoms with Crippen molar-refractivity contribution in [2.75, 3.05) is 13.7 Å². The molecule has 0 aromatic heterocycles. The lowest BCUT2D eigenvalue weighted by Gasteiger charge is -2.07. The topological polar surface area (TPSA) is 49.7 Å². The molecule has 0 fully saturated rings. The largest absolute Gasteiger partial charge is 0.504 e. The van der Waals surface area contributed by atoms with E-state index in [0.717, 1.165) is 0 Å². The molecule has 0 saturated carbocycles. The molecule has 1 aromatic carbocycles. The number of hydrogen-bond donors (Lipinski definition) is 2. The van der Waals surface area contributed by atoms with Gasteiger partial charge in [-0.2, -0.15) is 0 Å². The van der Waals surface area contributed by atoms with Gasteiger partial charge in [-0.1, -0.05) is 11.6 Å². The minimum Gasteiger partial charge on any atom is -0.504 e. The highest BCUT2D eigenvalue weighted by atomic mass is 35.5. The van der Waals surface area contributed by atoms with E-state index in [1.54, 1.807) is 0 Å². The highest BCUT2D eigenvalue weighted by molar-refractivity contribution is 6.31. The van der Waals surface area contributed by atoms with Crippen LogP contribution in [0.25, 0.3) is 0 Å². The van der Waals surface area contributed by atoms with E-state index in [2.05, 4.69) is 0 Å². The van der Waals surface area contributed by atoms with E-state index in [0.29, 0.717) is 22.8 Å². The van der Waals surface area contributed by atoms with Crippen molar-refractivity contribution in [3.8, 4) is 11.5 Å². The van der Waals surface area contributed by atoms with Gasteiger partial charge in [0.2, 0.25) is 0 Å².